The first-order valence-corrected chi connectivity index (χ1v) is 5.91. The van der Waals surface area contributed by atoms with Crippen molar-refractivity contribution in [3.63, 3.8) is 0 Å². The third-order valence-electron chi connectivity index (χ3n) is 2.92. The summed E-state index contributed by atoms with van der Waals surface area (Å²) in [5, 5.41) is 11.2. The fourth-order valence-corrected chi connectivity index (χ4v) is 1.67. The van der Waals surface area contributed by atoms with Crippen molar-refractivity contribution in [2.24, 2.45) is 5.92 Å². The van der Waals surface area contributed by atoms with Gasteiger partial charge in [-0.25, -0.2) is 4.79 Å². The SMILES string of the molecule is CCC(CNC(=O)CN1C(=O)CN(C)C1=O)C(=O)O. The molecule has 8 heteroatoms. The summed E-state index contributed by atoms with van der Waals surface area (Å²) in [4.78, 5) is 47.3. The number of nitrogens with one attached hydrogen (secondary N) is 1. The zero-order valence-corrected chi connectivity index (χ0v) is 10.9. The number of amides is 4. The molecular weight excluding hydrogens is 254 g/mol. The fourth-order valence-electron chi connectivity index (χ4n) is 1.67. The molecule has 0 aromatic carbocycles. The Balaban J connectivity index is 2.46. The fraction of sp³-hybridized carbons (Fsp3) is 0.636. The number of carbonyl (C=O) groups is 4. The van der Waals surface area contributed by atoms with Gasteiger partial charge in [0.1, 0.15) is 13.1 Å². The Kier molecular flexibility index (Phi) is 4.85. The molecule has 1 atom stereocenters. The van der Waals surface area contributed by atoms with Crippen LogP contribution >= 0.6 is 0 Å². The number of hydrogen-bond donors (Lipinski definition) is 2. The van der Waals surface area contributed by atoms with Crippen LogP contribution in [0.5, 0.6) is 0 Å². The predicted molar refractivity (Wildman–Crippen MR) is 64.2 cm³/mol. The lowest BCUT2D eigenvalue weighted by Gasteiger charge is -2.15. The minimum atomic E-state index is -0.990. The van der Waals surface area contributed by atoms with Gasteiger partial charge in [-0.1, -0.05) is 6.92 Å². The van der Waals surface area contributed by atoms with E-state index in [0.29, 0.717) is 6.42 Å². The molecule has 0 aliphatic carbocycles. The van der Waals surface area contributed by atoms with Gasteiger partial charge in [0, 0.05) is 13.6 Å². The number of carboxylic acid groups (broad SMARTS) is 1. The number of nitrogens with zero attached hydrogens (tertiary/aromatic N) is 2. The Morgan fingerprint density at radius 3 is 2.47 bits per heavy atom. The first-order valence-electron chi connectivity index (χ1n) is 5.91. The van der Waals surface area contributed by atoms with Gasteiger partial charge in [-0.3, -0.25) is 19.3 Å². The highest BCUT2D eigenvalue weighted by molar-refractivity contribution is 6.04. The van der Waals surface area contributed by atoms with Crippen molar-refractivity contribution < 1.29 is 24.3 Å². The van der Waals surface area contributed by atoms with E-state index >= 15 is 0 Å². The van der Waals surface area contributed by atoms with Crippen LogP contribution in [0.25, 0.3) is 0 Å². The molecule has 106 valence electrons. The van der Waals surface area contributed by atoms with Crippen LogP contribution in [-0.4, -0.2) is 65.4 Å². The molecule has 0 saturated carbocycles. The lowest BCUT2D eigenvalue weighted by molar-refractivity contribution is -0.142. The molecule has 19 heavy (non-hydrogen) atoms. The Hall–Kier alpha value is -2.12. The molecule has 4 amide bonds. The van der Waals surface area contributed by atoms with Crippen LogP contribution in [0.2, 0.25) is 0 Å². The highest BCUT2D eigenvalue weighted by atomic mass is 16.4. The van der Waals surface area contributed by atoms with E-state index in [1.165, 1.54) is 11.9 Å². The maximum atomic E-state index is 11.6. The van der Waals surface area contributed by atoms with Gasteiger partial charge in [-0.2, -0.15) is 0 Å². The third-order valence-corrected chi connectivity index (χ3v) is 2.92. The lowest BCUT2D eigenvalue weighted by atomic mass is 10.1. The summed E-state index contributed by atoms with van der Waals surface area (Å²) in [5.74, 6) is -2.64. The molecule has 1 fully saturated rings. The van der Waals surface area contributed by atoms with Gasteiger partial charge in [0.2, 0.25) is 5.91 Å². The zero-order valence-electron chi connectivity index (χ0n) is 10.9. The van der Waals surface area contributed by atoms with Crippen molar-refractivity contribution in [2.75, 3.05) is 26.7 Å². The normalized spacial score (nSPS) is 16.7. The van der Waals surface area contributed by atoms with Crippen LogP contribution in [0.3, 0.4) is 0 Å². The Morgan fingerprint density at radius 2 is 2.05 bits per heavy atom. The lowest BCUT2D eigenvalue weighted by Crippen LogP contribution is -2.43. The number of carboxylic acids is 1. The number of carbonyl (C=O) groups excluding carboxylic acids is 3. The predicted octanol–water partition coefficient (Wildman–Crippen LogP) is -0.893. The number of imide groups is 1. The van der Waals surface area contributed by atoms with Crippen LogP contribution in [-0.2, 0) is 14.4 Å². The summed E-state index contributed by atoms with van der Waals surface area (Å²) in [6.07, 6.45) is 0.389. The van der Waals surface area contributed by atoms with Gasteiger partial charge in [-0.05, 0) is 6.42 Å². The van der Waals surface area contributed by atoms with Crippen LogP contribution in [0.4, 0.5) is 4.79 Å². The standard InChI is InChI=1S/C11H17N3O5/c1-3-7(10(17)18)4-12-8(15)5-14-9(16)6-13(2)11(14)19/h7H,3-6H2,1-2H3,(H,12,15)(H,17,18). The summed E-state index contributed by atoms with van der Waals surface area (Å²) in [7, 11) is 1.47. The topological polar surface area (TPSA) is 107 Å². The van der Waals surface area contributed by atoms with Gasteiger partial charge in [-0.15, -0.1) is 0 Å². The molecule has 0 aromatic heterocycles. The van der Waals surface area contributed by atoms with Gasteiger partial charge in [0.05, 0.1) is 5.92 Å². The average molecular weight is 271 g/mol. The molecule has 1 aliphatic rings. The zero-order chi connectivity index (χ0) is 14.6. The van der Waals surface area contributed by atoms with Crippen LogP contribution in [0, 0.1) is 5.92 Å². The number of hydrogen-bond acceptors (Lipinski definition) is 4. The number of urea groups is 1. The summed E-state index contributed by atoms with van der Waals surface area (Å²) in [6.45, 7) is 1.26. The molecule has 1 unspecified atom stereocenters. The average Bonchev–Trinajstić information content (AvgIpc) is 2.56. The third kappa shape index (κ3) is 3.67. The largest absolute Gasteiger partial charge is 0.481 e. The minimum absolute atomic E-state index is 0.0171. The monoisotopic (exact) mass is 271 g/mol. The number of aliphatic carboxylic acids is 1. The van der Waals surface area contributed by atoms with E-state index in [9.17, 15) is 19.2 Å². The van der Waals surface area contributed by atoms with Crippen LogP contribution < -0.4 is 5.32 Å². The van der Waals surface area contributed by atoms with E-state index in [-0.39, 0.29) is 19.6 Å². The number of likely N-dealkylation sites (N-methyl/N-ethyl adjacent to an activating group) is 1. The molecule has 2 N–H and O–H groups in total. The molecule has 1 aliphatic heterocycles. The van der Waals surface area contributed by atoms with Crippen LogP contribution in [0.1, 0.15) is 13.3 Å². The highest BCUT2D eigenvalue weighted by Crippen LogP contribution is 2.07. The summed E-state index contributed by atoms with van der Waals surface area (Å²) < 4.78 is 0. The molecule has 8 nitrogen and oxygen atoms in total. The van der Waals surface area contributed by atoms with E-state index in [4.69, 9.17) is 5.11 Å². The summed E-state index contributed by atoms with van der Waals surface area (Å²) in [5.41, 5.74) is 0. The Morgan fingerprint density at radius 1 is 1.42 bits per heavy atom. The van der Waals surface area contributed by atoms with Crippen molar-refractivity contribution in [3.8, 4) is 0 Å². The summed E-state index contributed by atoms with van der Waals surface area (Å²) >= 11 is 0. The van der Waals surface area contributed by atoms with Gasteiger partial charge < -0.3 is 15.3 Å². The summed E-state index contributed by atoms with van der Waals surface area (Å²) in [6, 6.07) is -0.523. The van der Waals surface area contributed by atoms with E-state index in [1.807, 2.05) is 0 Å². The number of rotatable bonds is 6. The molecule has 1 rings (SSSR count). The van der Waals surface area contributed by atoms with Crippen molar-refractivity contribution in [3.05, 3.63) is 0 Å². The van der Waals surface area contributed by atoms with Crippen molar-refractivity contribution in [1.82, 2.24) is 15.1 Å². The van der Waals surface area contributed by atoms with E-state index in [2.05, 4.69) is 5.32 Å². The molecule has 1 saturated heterocycles. The highest BCUT2D eigenvalue weighted by Gasteiger charge is 2.34. The first-order chi connectivity index (χ1) is 8.86. The van der Waals surface area contributed by atoms with Crippen molar-refractivity contribution in [1.29, 1.82) is 0 Å². The quantitative estimate of drug-likeness (QED) is 0.609. The molecule has 0 aromatic rings. The molecule has 1 heterocycles. The van der Waals surface area contributed by atoms with Crippen molar-refractivity contribution >= 4 is 23.8 Å². The maximum absolute atomic E-state index is 11.6. The maximum Gasteiger partial charge on any atom is 0.327 e. The van der Waals surface area contributed by atoms with E-state index in [0.717, 1.165) is 4.90 Å². The first kappa shape index (κ1) is 14.9. The van der Waals surface area contributed by atoms with Crippen LogP contribution in [0.15, 0.2) is 0 Å². The molecule has 0 bridgehead atoms. The second-order valence-corrected chi connectivity index (χ2v) is 4.37. The Bertz CT molecular complexity index is 409. The van der Waals surface area contributed by atoms with Crippen molar-refractivity contribution in [2.45, 2.75) is 13.3 Å². The van der Waals surface area contributed by atoms with Gasteiger partial charge in [0.15, 0.2) is 0 Å². The van der Waals surface area contributed by atoms with E-state index < -0.39 is 29.7 Å². The smallest absolute Gasteiger partial charge is 0.327 e. The Labute approximate surface area is 110 Å². The molecular formula is C11H17N3O5. The molecule has 0 radical (unpaired) electrons. The van der Waals surface area contributed by atoms with Gasteiger partial charge in [0.25, 0.3) is 5.91 Å². The second kappa shape index (κ2) is 6.17. The van der Waals surface area contributed by atoms with Gasteiger partial charge >= 0.3 is 12.0 Å². The van der Waals surface area contributed by atoms with E-state index in [1.54, 1.807) is 6.92 Å². The molecule has 0 spiro atoms. The minimum Gasteiger partial charge on any atom is -0.481 e. The second-order valence-electron chi connectivity index (χ2n) is 4.37.